The third-order valence-corrected chi connectivity index (χ3v) is 2.24. The molecule has 4 heteroatoms. The minimum absolute atomic E-state index is 0.368. The second-order valence-electron chi connectivity index (χ2n) is 3.36. The minimum Gasteiger partial charge on any atom is -0.449 e. The molecule has 1 unspecified atom stereocenters. The molecule has 0 aliphatic rings. The van der Waals surface area contributed by atoms with Crippen LogP contribution in [0.2, 0.25) is 0 Å². The van der Waals surface area contributed by atoms with Crippen LogP contribution < -0.4 is 5.73 Å². The Morgan fingerprint density at radius 3 is 3.00 bits per heavy atom. The maximum absolute atomic E-state index is 10.1. The first-order valence-electron chi connectivity index (χ1n) is 4.71. The highest BCUT2D eigenvalue weighted by atomic mass is 16.5. The fourth-order valence-corrected chi connectivity index (χ4v) is 1.58. The summed E-state index contributed by atoms with van der Waals surface area (Å²) in [4.78, 5) is 13.3. The molecule has 0 amide bonds. The van der Waals surface area contributed by atoms with Gasteiger partial charge in [0.1, 0.15) is 0 Å². The van der Waals surface area contributed by atoms with Gasteiger partial charge in [-0.3, -0.25) is 10.5 Å². The molecule has 0 bridgehead atoms. The fraction of sp³-hybridized carbons (Fsp3) is 0.182. The van der Waals surface area contributed by atoms with Gasteiger partial charge >= 0.3 is 0 Å². The van der Waals surface area contributed by atoms with E-state index in [4.69, 9.17) is 5.73 Å². The first-order valence-corrected chi connectivity index (χ1v) is 4.71. The number of hydrogen-bond donors (Lipinski definition) is 2. The van der Waals surface area contributed by atoms with Crippen LogP contribution in [0.25, 0.3) is 10.9 Å². The number of aromatic amines is 1. The van der Waals surface area contributed by atoms with Gasteiger partial charge in [-0.1, -0.05) is 18.2 Å². The van der Waals surface area contributed by atoms with Crippen LogP contribution in [0.3, 0.4) is 0 Å². The van der Waals surface area contributed by atoms with Crippen molar-refractivity contribution in [1.29, 1.82) is 0 Å². The molecule has 15 heavy (non-hydrogen) atoms. The van der Waals surface area contributed by atoms with Gasteiger partial charge in [-0.2, -0.15) is 0 Å². The number of carbonyl (C=O) groups excluding carboxylic acids is 1. The van der Waals surface area contributed by atoms with E-state index >= 15 is 0 Å². The van der Waals surface area contributed by atoms with Crippen molar-refractivity contribution in [3.63, 3.8) is 0 Å². The van der Waals surface area contributed by atoms with Gasteiger partial charge in [-0.25, -0.2) is 0 Å². The number of fused-ring (bicyclic) bond motifs is 1. The average molecular weight is 204 g/mol. The van der Waals surface area contributed by atoms with E-state index in [0.717, 1.165) is 16.6 Å². The van der Waals surface area contributed by atoms with Crippen LogP contribution in [0.5, 0.6) is 0 Å². The van der Waals surface area contributed by atoms with Crippen LogP contribution in [0.15, 0.2) is 30.3 Å². The van der Waals surface area contributed by atoms with Crippen molar-refractivity contribution in [2.75, 3.05) is 0 Å². The number of aromatic nitrogens is 1. The number of rotatable bonds is 4. The Morgan fingerprint density at radius 1 is 1.47 bits per heavy atom. The average Bonchev–Trinajstić information content (AvgIpc) is 2.59. The molecule has 1 heterocycles. The summed E-state index contributed by atoms with van der Waals surface area (Å²) < 4.78 is 4.62. The molecule has 0 radical (unpaired) electrons. The van der Waals surface area contributed by atoms with Gasteiger partial charge in [-0.05, 0) is 17.5 Å². The zero-order valence-electron chi connectivity index (χ0n) is 8.14. The lowest BCUT2D eigenvalue weighted by molar-refractivity contribution is -0.133. The molecule has 0 fully saturated rings. The van der Waals surface area contributed by atoms with Gasteiger partial charge in [0.2, 0.25) is 0 Å². The summed E-state index contributed by atoms with van der Waals surface area (Å²) in [6, 6.07) is 9.95. The lowest BCUT2D eigenvalue weighted by Gasteiger charge is -2.06. The van der Waals surface area contributed by atoms with E-state index in [2.05, 4.69) is 9.72 Å². The third kappa shape index (κ3) is 2.16. The van der Waals surface area contributed by atoms with E-state index in [-0.39, 0.29) is 0 Å². The van der Waals surface area contributed by atoms with Crippen molar-refractivity contribution in [3.8, 4) is 0 Å². The number of carbonyl (C=O) groups is 1. The Hall–Kier alpha value is -1.81. The van der Waals surface area contributed by atoms with E-state index in [0.29, 0.717) is 12.9 Å². The Bertz CT molecular complexity index is 431. The van der Waals surface area contributed by atoms with Crippen molar-refractivity contribution < 1.29 is 9.53 Å². The first-order chi connectivity index (χ1) is 7.29. The first kappa shape index (κ1) is 9.73. The van der Waals surface area contributed by atoms with E-state index in [1.54, 1.807) is 0 Å². The number of nitrogens with one attached hydrogen (secondary N) is 1. The highest BCUT2D eigenvalue weighted by Gasteiger charge is 2.06. The lowest BCUT2D eigenvalue weighted by atomic mass is 10.2. The largest absolute Gasteiger partial charge is 0.449 e. The summed E-state index contributed by atoms with van der Waals surface area (Å²) in [5, 5.41) is 1.13. The second kappa shape index (κ2) is 4.14. The molecule has 78 valence electrons. The van der Waals surface area contributed by atoms with Crippen LogP contribution in [0, 0.1) is 0 Å². The standard InChI is InChI=1S/C11H12N2O2/c12-11(15-7-14)6-9-5-8-3-1-2-4-10(8)13-9/h1-5,7,11,13H,6,12H2. The van der Waals surface area contributed by atoms with Crippen molar-refractivity contribution in [2.45, 2.75) is 12.6 Å². The predicted octanol–water partition coefficient (Wildman–Crippen LogP) is 1.17. The van der Waals surface area contributed by atoms with Crippen LogP contribution in [-0.2, 0) is 16.0 Å². The van der Waals surface area contributed by atoms with Crippen LogP contribution in [-0.4, -0.2) is 17.7 Å². The summed E-state index contributed by atoms with van der Waals surface area (Å²) in [7, 11) is 0. The minimum atomic E-state index is -0.587. The van der Waals surface area contributed by atoms with E-state index in [1.807, 2.05) is 30.3 Å². The number of H-pyrrole nitrogens is 1. The normalized spacial score (nSPS) is 12.6. The van der Waals surface area contributed by atoms with Crippen molar-refractivity contribution >= 4 is 17.4 Å². The zero-order chi connectivity index (χ0) is 10.7. The number of para-hydroxylation sites is 1. The van der Waals surface area contributed by atoms with Gasteiger partial charge in [0, 0.05) is 17.6 Å². The SMILES string of the molecule is NC(Cc1cc2ccccc2[nH]1)OC=O. The molecular weight excluding hydrogens is 192 g/mol. The topological polar surface area (TPSA) is 68.1 Å². The van der Waals surface area contributed by atoms with E-state index in [9.17, 15) is 4.79 Å². The highest BCUT2D eigenvalue weighted by molar-refractivity contribution is 5.80. The monoisotopic (exact) mass is 204 g/mol. The molecule has 4 nitrogen and oxygen atoms in total. The number of benzene rings is 1. The molecule has 0 saturated heterocycles. The molecular formula is C11H12N2O2. The quantitative estimate of drug-likeness (QED) is 0.580. The molecule has 0 aliphatic carbocycles. The molecule has 3 N–H and O–H groups in total. The van der Waals surface area contributed by atoms with Crippen molar-refractivity contribution in [1.82, 2.24) is 4.98 Å². The predicted molar refractivity (Wildman–Crippen MR) is 57.1 cm³/mol. The molecule has 0 spiro atoms. The summed E-state index contributed by atoms with van der Waals surface area (Å²) in [6.45, 7) is 0.368. The third-order valence-electron chi connectivity index (χ3n) is 2.24. The number of hydrogen-bond acceptors (Lipinski definition) is 3. The molecule has 2 aromatic rings. The molecule has 1 aromatic heterocycles. The number of ether oxygens (including phenoxy) is 1. The Morgan fingerprint density at radius 2 is 2.27 bits per heavy atom. The highest BCUT2D eigenvalue weighted by Crippen LogP contribution is 2.15. The van der Waals surface area contributed by atoms with Crippen LogP contribution in [0.4, 0.5) is 0 Å². The van der Waals surface area contributed by atoms with Gasteiger partial charge in [0.05, 0.1) is 0 Å². The summed E-state index contributed by atoms with van der Waals surface area (Å²) in [6.07, 6.45) is -0.0940. The molecule has 1 aromatic carbocycles. The van der Waals surface area contributed by atoms with Crippen LogP contribution >= 0.6 is 0 Å². The molecule has 0 aliphatic heterocycles. The van der Waals surface area contributed by atoms with E-state index < -0.39 is 6.23 Å². The number of nitrogens with two attached hydrogens (primary N) is 1. The van der Waals surface area contributed by atoms with Crippen LogP contribution in [0.1, 0.15) is 5.69 Å². The van der Waals surface area contributed by atoms with E-state index in [1.165, 1.54) is 0 Å². The lowest BCUT2D eigenvalue weighted by Crippen LogP contribution is -2.25. The smallest absolute Gasteiger partial charge is 0.294 e. The van der Waals surface area contributed by atoms with Gasteiger partial charge in [0.15, 0.2) is 6.23 Å². The Kier molecular flexibility index (Phi) is 2.69. The summed E-state index contributed by atoms with van der Waals surface area (Å²) in [5.74, 6) is 0. The summed E-state index contributed by atoms with van der Waals surface area (Å²) >= 11 is 0. The molecule has 2 rings (SSSR count). The molecule has 1 atom stereocenters. The van der Waals surface area contributed by atoms with Crippen molar-refractivity contribution in [3.05, 3.63) is 36.0 Å². The maximum atomic E-state index is 10.1. The van der Waals surface area contributed by atoms with Gasteiger partial charge in [0.25, 0.3) is 6.47 Å². The van der Waals surface area contributed by atoms with Crippen molar-refractivity contribution in [2.24, 2.45) is 5.73 Å². The zero-order valence-corrected chi connectivity index (χ0v) is 8.14. The maximum Gasteiger partial charge on any atom is 0.294 e. The summed E-state index contributed by atoms with van der Waals surface area (Å²) in [5.41, 5.74) is 7.59. The second-order valence-corrected chi connectivity index (χ2v) is 3.36. The fourth-order valence-electron chi connectivity index (χ4n) is 1.58. The van der Waals surface area contributed by atoms with Gasteiger partial charge in [-0.15, -0.1) is 0 Å². The Labute approximate surface area is 87.0 Å². The Balaban J connectivity index is 2.18. The van der Waals surface area contributed by atoms with Gasteiger partial charge < -0.3 is 9.72 Å². The molecule has 0 saturated carbocycles.